The van der Waals surface area contributed by atoms with Gasteiger partial charge in [-0.3, -0.25) is 4.79 Å². The van der Waals surface area contributed by atoms with Crippen molar-refractivity contribution < 1.29 is 4.79 Å². The Morgan fingerprint density at radius 1 is 1.40 bits per heavy atom. The summed E-state index contributed by atoms with van der Waals surface area (Å²) >= 11 is 7.57. The van der Waals surface area contributed by atoms with Crippen molar-refractivity contribution >= 4 is 44.9 Å². The molecule has 0 fully saturated rings. The van der Waals surface area contributed by atoms with Gasteiger partial charge in [-0.1, -0.05) is 0 Å². The second kappa shape index (κ2) is 5.93. The van der Waals surface area contributed by atoms with Crippen molar-refractivity contribution in [1.29, 1.82) is 0 Å². The minimum Gasteiger partial charge on any atom is -0.347 e. The number of aryl methyl sites for hydroxylation is 1. The second-order valence-electron chi connectivity index (χ2n) is 4.69. The largest absolute Gasteiger partial charge is 0.347 e. The Bertz CT molecular complexity index is 641. The van der Waals surface area contributed by atoms with Gasteiger partial charge in [0.1, 0.15) is 10.6 Å². The van der Waals surface area contributed by atoms with E-state index < -0.39 is 0 Å². The van der Waals surface area contributed by atoms with Crippen LogP contribution < -0.4 is 4.90 Å². The minimum absolute atomic E-state index is 0.0293. The number of rotatable bonds is 4. The van der Waals surface area contributed by atoms with E-state index in [1.807, 2.05) is 24.8 Å². The number of hydrogen-bond acceptors (Lipinski definition) is 5. The normalized spacial score (nSPS) is 10.8. The van der Waals surface area contributed by atoms with E-state index in [0.717, 1.165) is 20.9 Å². The van der Waals surface area contributed by atoms with E-state index in [4.69, 9.17) is 11.6 Å². The van der Waals surface area contributed by atoms with Crippen LogP contribution in [0, 0.1) is 6.92 Å². The van der Waals surface area contributed by atoms with Gasteiger partial charge in [0, 0.05) is 25.5 Å². The third-order valence-corrected chi connectivity index (χ3v) is 4.09. The van der Waals surface area contributed by atoms with Crippen LogP contribution in [-0.2, 0) is 4.79 Å². The monoisotopic (exact) mass is 312 g/mol. The summed E-state index contributed by atoms with van der Waals surface area (Å²) in [7, 11) is 3.49. The molecule has 0 N–H and O–H groups in total. The molecular formula is C13H17ClN4OS. The fourth-order valence-electron chi connectivity index (χ4n) is 1.88. The highest BCUT2D eigenvalue weighted by molar-refractivity contribution is 7.18. The maximum Gasteiger partial charge on any atom is 0.241 e. The lowest BCUT2D eigenvalue weighted by atomic mass is 10.3. The first-order valence-corrected chi connectivity index (χ1v) is 7.50. The minimum atomic E-state index is 0.0293. The number of thiophene rings is 1. The van der Waals surface area contributed by atoms with Crippen LogP contribution in [0.25, 0.3) is 10.2 Å². The second-order valence-corrected chi connectivity index (χ2v) is 6.27. The molecule has 108 valence electrons. The van der Waals surface area contributed by atoms with Crippen molar-refractivity contribution in [2.24, 2.45) is 0 Å². The molecule has 20 heavy (non-hydrogen) atoms. The van der Waals surface area contributed by atoms with Crippen LogP contribution in [0.15, 0.2) is 6.07 Å². The molecule has 2 aromatic heterocycles. The lowest BCUT2D eigenvalue weighted by Gasteiger charge is -2.23. The van der Waals surface area contributed by atoms with E-state index >= 15 is 0 Å². The summed E-state index contributed by atoms with van der Waals surface area (Å²) in [5.74, 6) is 0.753. The number of carbonyl (C=O) groups is 1. The van der Waals surface area contributed by atoms with Gasteiger partial charge >= 0.3 is 0 Å². The highest BCUT2D eigenvalue weighted by Crippen LogP contribution is 2.31. The van der Waals surface area contributed by atoms with Crippen LogP contribution in [0.2, 0.25) is 5.28 Å². The van der Waals surface area contributed by atoms with E-state index in [9.17, 15) is 4.79 Å². The van der Waals surface area contributed by atoms with E-state index in [-0.39, 0.29) is 17.7 Å². The molecule has 7 heteroatoms. The number of amides is 1. The molecule has 1 amide bonds. The average Bonchev–Trinajstić information content (AvgIpc) is 2.74. The predicted molar refractivity (Wildman–Crippen MR) is 83.7 cm³/mol. The van der Waals surface area contributed by atoms with Gasteiger partial charge in [0.25, 0.3) is 0 Å². The molecule has 0 radical (unpaired) electrons. The van der Waals surface area contributed by atoms with Crippen LogP contribution in [0.4, 0.5) is 5.82 Å². The van der Waals surface area contributed by atoms with Gasteiger partial charge in [-0.25, -0.2) is 4.98 Å². The van der Waals surface area contributed by atoms with Crippen LogP contribution in [0.1, 0.15) is 11.8 Å². The van der Waals surface area contributed by atoms with Crippen molar-refractivity contribution in [2.75, 3.05) is 32.1 Å². The smallest absolute Gasteiger partial charge is 0.241 e. The summed E-state index contributed by atoms with van der Waals surface area (Å²) in [6.45, 7) is 4.97. The van der Waals surface area contributed by atoms with Crippen LogP contribution in [0.3, 0.4) is 0 Å². The molecule has 0 bridgehead atoms. The number of likely N-dealkylation sites (N-methyl/N-ethyl adjacent to an activating group) is 2. The third kappa shape index (κ3) is 3.02. The highest BCUT2D eigenvalue weighted by atomic mass is 35.5. The molecule has 0 unspecified atom stereocenters. The van der Waals surface area contributed by atoms with Gasteiger partial charge in [-0.15, -0.1) is 11.3 Å². The zero-order valence-corrected chi connectivity index (χ0v) is 13.5. The first-order chi connectivity index (χ1) is 9.42. The van der Waals surface area contributed by atoms with Crippen molar-refractivity contribution in [3.05, 3.63) is 16.2 Å². The van der Waals surface area contributed by atoms with E-state index in [0.29, 0.717) is 6.54 Å². The van der Waals surface area contributed by atoms with Crippen molar-refractivity contribution in [3.63, 3.8) is 0 Å². The number of anilines is 1. The maximum absolute atomic E-state index is 11.9. The highest BCUT2D eigenvalue weighted by Gasteiger charge is 2.18. The summed E-state index contributed by atoms with van der Waals surface area (Å²) in [4.78, 5) is 26.0. The molecule has 2 rings (SSSR count). The number of hydrogen-bond donors (Lipinski definition) is 0. The lowest BCUT2D eigenvalue weighted by Crippen LogP contribution is -2.37. The maximum atomic E-state index is 11.9. The summed E-state index contributed by atoms with van der Waals surface area (Å²) in [6.07, 6.45) is 0. The Morgan fingerprint density at radius 3 is 2.70 bits per heavy atom. The molecule has 0 saturated carbocycles. The quantitative estimate of drug-likeness (QED) is 0.814. The summed E-state index contributed by atoms with van der Waals surface area (Å²) < 4.78 is 0. The molecule has 2 heterocycles. The number of carbonyl (C=O) groups excluding carboxylic acids is 1. The molecule has 0 spiro atoms. The SMILES string of the molecule is CCN(CC(=O)N(C)C)c1nc(Cl)nc2sc(C)cc12. The molecular weight excluding hydrogens is 296 g/mol. The fraction of sp³-hybridized carbons (Fsp3) is 0.462. The molecule has 0 atom stereocenters. The van der Waals surface area contributed by atoms with Gasteiger partial charge < -0.3 is 9.80 Å². The van der Waals surface area contributed by atoms with Gasteiger partial charge in [-0.05, 0) is 31.5 Å². The van der Waals surface area contributed by atoms with Gasteiger partial charge in [-0.2, -0.15) is 4.98 Å². The predicted octanol–water partition coefficient (Wildman–Crippen LogP) is 2.57. The van der Waals surface area contributed by atoms with Crippen LogP contribution >= 0.6 is 22.9 Å². The zero-order chi connectivity index (χ0) is 14.9. The van der Waals surface area contributed by atoms with Gasteiger partial charge in [0.15, 0.2) is 0 Å². The molecule has 2 aromatic rings. The Morgan fingerprint density at radius 2 is 2.10 bits per heavy atom. The van der Waals surface area contributed by atoms with E-state index in [2.05, 4.69) is 9.97 Å². The topological polar surface area (TPSA) is 49.3 Å². The van der Waals surface area contributed by atoms with Gasteiger partial charge in [0.05, 0.1) is 11.9 Å². The van der Waals surface area contributed by atoms with Crippen LogP contribution in [-0.4, -0.2) is 48.0 Å². The fourth-order valence-corrected chi connectivity index (χ4v) is 2.97. The number of nitrogens with zero attached hydrogens (tertiary/aromatic N) is 4. The molecule has 0 aliphatic heterocycles. The molecule has 5 nitrogen and oxygen atoms in total. The molecule has 0 aromatic carbocycles. The van der Waals surface area contributed by atoms with Crippen molar-refractivity contribution in [2.45, 2.75) is 13.8 Å². The number of halogens is 1. The van der Waals surface area contributed by atoms with Crippen molar-refractivity contribution in [1.82, 2.24) is 14.9 Å². The van der Waals surface area contributed by atoms with Gasteiger partial charge in [0.2, 0.25) is 11.2 Å². The standard InChI is InChI=1S/C13H17ClN4OS/c1-5-18(7-10(19)17(3)4)11-9-6-8(2)20-12(9)16-13(14)15-11/h6H,5,7H2,1-4H3. The molecule has 0 aliphatic rings. The Hall–Kier alpha value is -1.40. The van der Waals surface area contributed by atoms with E-state index in [1.165, 1.54) is 0 Å². The zero-order valence-electron chi connectivity index (χ0n) is 12.0. The Balaban J connectivity index is 2.45. The number of aromatic nitrogens is 2. The number of fused-ring (bicyclic) bond motifs is 1. The Labute approximate surface area is 127 Å². The lowest BCUT2D eigenvalue weighted by molar-refractivity contribution is -0.127. The third-order valence-electron chi connectivity index (χ3n) is 2.97. The summed E-state index contributed by atoms with van der Waals surface area (Å²) in [5.41, 5.74) is 0. The average molecular weight is 313 g/mol. The molecule has 0 saturated heterocycles. The molecule has 0 aliphatic carbocycles. The summed E-state index contributed by atoms with van der Waals surface area (Å²) in [6, 6.07) is 2.04. The summed E-state index contributed by atoms with van der Waals surface area (Å²) in [5, 5.41) is 1.16. The van der Waals surface area contributed by atoms with E-state index in [1.54, 1.807) is 30.3 Å². The first-order valence-electron chi connectivity index (χ1n) is 6.31. The van der Waals surface area contributed by atoms with Crippen molar-refractivity contribution in [3.8, 4) is 0 Å². The first kappa shape index (κ1) is 15.0. The Kier molecular flexibility index (Phi) is 4.45. The van der Waals surface area contributed by atoms with Crippen LogP contribution in [0.5, 0.6) is 0 Å².